The van der Waals surface area contributed by atoms with Crippen molar-refractivity contribution >= 4 is 28.3 Å². The van der Waals surface area contributed by atoms with Crippen LogP contribution >= 0.6 is 11.6 Å². The molecule has 0 saturated heterocycles. The molecule has 1 aromatic heterocycles. The highest BCUT2D eigenvalue weighted by atomic mass is 35.5. The van der Waals surface area contributed by atoms with Gasteiger partial charge >= 0.3 is 5.97 Å². The molecule has 0 spiro atoms. The van der Waals surface area contributed by atoms with Crippen LogP contribution < -0.4 is 4.74 Å². The van der Waals surface area contributed by atoms with Crippen LogP contribution in [0.5, 0.6) is 11.6 Å². The van der Waals surface area contributed by atoms with E-state index in [2.05, 4.69) is 4.98 Å². The lowest BCUT2D eigenvalue weighted by Crippen LogP contribution is -2.00. The standard InChI is InChI=1S/C16H10ClNO3/c17-13-7-3-4-8-14(13)21-15-11-6-2-1-5-10(11)12(9-18-15)16(19)20/h1-9H,(H,19,20). The molecule has 0 unspecified atom stereocenters. The van der Waals surface area contributed by atoms with E-state index in [1.165, 1.54) is 6.20 Å². The summed E-state index contributed by atoms with van der Waals surface area (Å²) in [5.74, 6) is -0.230. The average molecular weight is 300 g/mol. The van der Waals surface area contributed by atoms with Crippen LogP contribution in [0.25, 0.3) is 10.8 Å². The molecule has 3 aromatic rings. The number of ether oxygens (including phenoxy) is 1. The van der Waals surface area contributed by atoms with Crippen molar-refractivity contribution in [1.82, 2.24) is 4.98 Å². The Kier molecular flexibility index (Phi) is 3.46. The fourth-order valence-corrected chi connectivity index (χ4v) is 2.22. The third-order valence-electron chi connectivity index (χ3n) is 3.03. The highest BCUT2D eigenvalue weighted by molar-refractivity contribution is 6.32. The molecule has 0 saturated carbocycles. The van der Waals surface area contributed by atoms with Crippen LogP contribution in [-0.2, 0) is 0 Å². The molecular formula is C16H10ClNO3. The second kappa shape index (κ2) is 5.42. The lowest BCUT2D eigenvalue weighted by Gasteiger charge is -2.10. The number of hydrogen-bond donors (Lipinski definition) is 1. The summed E-state index contributed by atoms with van der Waals surface area (Å²) in [5, 5.41) is 10.9. The van der Waals surface area contributed by atoms with E-state index in [-0.39, 0.29) is 5.56 Å². The molecule has 3 rings (SSSR count). The van der Waals surface area contributed by atoms with Crippen LogP contribution in [0.15, 0.2) is 54.7 Å². The molecule has 104 valence electrons. The van der Waals surface area contributed by atoms with Gasteiger partial charge in [0.25, 0.3) is 0 Å². The van der Waals surface area contributed by atoms with E-state index in [9.17, 15) is 9.90 Å². The van der Waals surface area contributed by atoms with Crippen molar-refractivity contribution in [1.29, 1.82) is 0 Å². The van der Waals surface area contributed by atoms with Crippen LogP contribution in [0, 0.1) is 0 Å². The minimum absolute atomic E-state index is 0.136. The molecule has 0 aliphatic heterocycles. The lowest BCUT2D eigenvalue weighted by atomic mass is 10.1. The number of carboxylic acids is 1. The van der Waals surface area contributed by atoms with Gasteiger partial charge in [-0.3, -0.25) is 0 Å². The summed E-state index contributed by atoms with van der Waals surface area (Å²) < 4.78 is 5.72. The van der Waals surface area contributed by atoms with Gasteiger partial charge in [-0.25, -0.2) is 9.78 Å². The van der Waals surface area contributed by atoms with Crippen molar-refractivity contribution in [3.05, 3.63) is 65.3 Å². The van der Waals surface area contributed by atoms with Gasteiger partial charge in [0.05, 0.1) is 10.6 Å². The maximum absolute atomic E-state index is 11.2. The molecule has 0 amide bonds. The maximum atomic E-state index is 11.2. The number of aromatic carboxylic acids is 1. The van der Waals surface area contributed by atoms with Crippen molar-refractivity contribution in [2.24, 2.45) is 0 Å². The second-order valence-electron chi connectivity index (χ2n) is 4.36. The van der Waals surface area contributed by atoms with Crippen LogP contribution in [-0.4, -0.2) is 16.1 Å². The van der Waals surface area contributed by atoms with E-state index < -0.39 is 5.97 Å². The number of fused-ring (bicyclic) bond motifs is 1. The Balaban J connectivity index is 2.14. The monoisotopic (exact) mass is 299 g/mol. The third kappa shape index (κ3) is 2.53. The molecule has 0 bridgehead atoms. The van der Waals surface area contributed by atoms with Crippen molar-refractivity contribution < 1.29 is 14.6 Å². The summed E-state index contributed by atoms with van der Waals surface area (Å²) in [6.45, 7) is 0. The molecule has 5 heteroatoms. The number of hydrogen-bond acceptors (Lipinski definition) is 3. The van der Waals surface area contributed by atoms with Gasteiger partial charge in [0, 0.05) is 17.0 Å². The van der Waals surface area contributed by atoms with Crippen molar-refractivity contribution in [3.63, 3.8) is 0 Å². The van der Waals surface area contributed by atoms with E-state index in [1.807, 2.05) is 0 Å². The highest BCUT2D eigenvalue weighted by Gasteiger charge is 2.14. The highest BCUT2D eigenvalue weighted by Crippen LogP contribution is 2.33. The van der Waals surface area contributed by atoms with Crippen LogP contribution in [0.4, 0.5) is 0 Å². The number of halogens is 1. The minimum atomic E-state index is -1.03. The number of carboxylic acid groups (broad SMARTS) is 1. The molecule has 0 atom stereocenters. The molecule has 0 fully saturated rings. The molecule has 2 aromatic carbocycles. The first-order valence-electron chi connectivity index (χ1n) is 6.20. The summed E-state index contributed by atoms with van der Waals surface area (Å²) in [6, 6.07) is 14.1. The molecule has 4 nitrogen and oxygen atoms in total. The quantitative estimate of drug-likeness (QED) is 0.779. The Bertz CT molecular complexity index is 833. The third-order valence-corrected chi connectivity index (χ3v) is 3.34. The fraction of sp³-hybridized carbons (Fsp3) is 0. The van der Waals surface area contributed by atoms with Gasteiger partial charge in [0.15, 0.2) is 0 Å². The number of nitrogens with zero attached hydrogens (tertiary/aromatic N) is 1. The van der Waals surface area contributed by atoms with E-state index in [0.29, 0.717) is 27.4 Å². The van der Waals surface area contributed by atoms with Gasteiger partial charge in [0.1, 0.15) is 5.75 Å². The summed E-state index contributed by atoms with van der Waals surface area (Å²) in [6.07, 6.45) is 1.29. The first-order chi connectivity index (χ1) is 10.2. The molecule has 0 aliphatic rings. The number of benzene rings is 2. The first-order valence-corrected chi connectivity index (χ1v) is 6.58. The van der Waals surface area contributed by atoms with Gasteiger partial charge in [0.2, 0.25) is 5.88 Å². The predicted octanol–water partition coefficient (Wildman–Crippen LogP) is 4.38. The van der Waals surface area contributed by atoms with E-state index in [1.54, 1.807) is 48.5 Å². The number of carbonyl (C=O) groups is 1. The van der Waals surface area contributed by atoms with Crippen LogP contribution in [0.3, 0.4) is 0 Å². The first kappa shape index (κ1) is 13.4. The van der Waals surface area contributed by atoms with Gasteiger partial charge in [-0.2, -0.15) is 0 Å². The zero-order valence-electron chi connectivity index (χ0n) is 10.8. The van der Waals surface area contributed by atoms with E-state index >= 15 is 0 Å². The summed E-state index contributed by atoms with van der Waals surface area (Å²) in [4.78, 5) is 15.3. The molecule has 1 N–H and O–H groups in total. The molecule has 0 radical (unpaired) electrons. The van der Waals surface area contributed by atoms with Crippen LogP contribution in [0.2, 0.25) is 5.02 Å². The van der Waals surface area contributed by atoms with Crippen molar-refractivity contribution in [2.75, 3.05) is 0 Å². The smallest absolute Gasteiger partial charge is 0.337 e. The fourth-order valence-electron chi connectivity index (χ4n) is 2.05. The average Bonchev–Trinajstić information content (AvgIpc) is 2.49. The summed E-state index contributed by atoms with van der Waals surface area (Å²) >= 11 is 6.06. The Labute approximate surface area is 125 Å². The normalized spacial score (nSPS) is 10.5. The van der Waals surface area contributed by atoms with Crippen LogP contribution in [0.1, 0.15) is 10.4 Å². The van der Waals surface area contributed by atoms with Gasteiger partial charge in [-0.1, -0.05) is 41.9 Å². The van der Waals surface area contributed by atoms with Crippen molar-refractivity contribution in [3.8, 4) is 11.6 Å². The Hall–Kier alpha value is -2.59. The predicted molar refractivity (Wildman–Crippen MR) is 80.2 cm³/mol. The molecule has 1 heterocycles. The number of rotatable bonds is 3. The number of aromatic nitrogens is 1. The largest absolute Gasteiger partial charge is 0.478 e. The zero-order chi connectivity index (χ0) is 14.8. The zero-order valence-corrected chi connectivity index (χ0v) is 11.5. The summed E-state index contributed by atoms with van der Waals surface area (Å²) in [7, 11) is 0. The van der Waals surface area contributed by atoms with E-state index in [0.717, 1.165) is 0 Å². The Morgan fingerprint density at radius 3 is 2.43 bits per heavy atom. The van der Waals surface area contributed by atoms with E-state index in [4.69, 9.17) is 16.3 Å². The minimum Gasteiger partial charge on any atom is -0.478 e. The topological polar surface area (TPSA) is 59.4 Å². The lowest BCUT2D eigenvalue weighted by molar-refractivity contribution is 0.0698. The van der Waals surface area contributed by atoms with Gasteiger partial charge < -0.3 is 9.84 Å². The molecule has 0 aliphatic carbocycles. The Morgan fingerprint density at radius 1 is 1.05 bits per heavy atom. The number of pyridine rings is 1. The Morgan fingerprint density at radius 2 is 1.71 bits per heavy atom. The second-order valence-corrected chi connectivity index (χ2v) is 4.77. The van der Waals surface area contributed by atoms with Gasteiger partial charge in [-0.15, -0.1) is 0 Å². The molecule has 21 heavy (non-hydrogen) atoms. The SMILES string of the molecule is O=C(O)c1cnc(Oc2ccccc2Cl)c2ccccc12. The van der Waals surface area contributed by atoms with Gasteiger partial charge in [-0.05, 0) is 18.2 Å². The molecular weight excluding hydrogens is 290 g/mol. The maximum Gasteiger partial charge on any atom is 0.337 e. The summed E-state index contributed by atoms with van der Waals surface area (Å²) in [5.41, 5.74) is 0.136. The van der Waals surface area contributed by atoms with Crippen molar-refractivity contribution in [2.45, 2.75) is 0 Å². The number of para-hydroxylation sites is 1.